The molecule has 8 nitrogen and oxygen atoms in total. The van der Waals surface area contributed by atoms with Gasteiger partial charge >= 0.3 is 11.9 Å². The zero-order valence-electron chi connectivity index (χ0n) is 17.0. The second kappa shape index (κ2) is 8.77. The van der Waals surface area contributed by atoms with E-state index in [1.54, 1.807) is 36.4 Å². The van der Waals surface area contributed by atoms with E-state index in [1.807, 2.05) is 0 Å². The molecule has 0 amide bonds. The predicted molar refractivity (Wildman–Crippen MR) is 107 cm³/mol. The molecule has 0 unspecified atom stereocenters. The second-order valence-corrected chi connectivity index (χ2v) is 6.47. The molecule has 0 aromatic heterocycles. The lowest BCUT2D eigenvalue weighted by atomic mass is 9.90. The Morgan fingerprint density at radius 1 is 0.900 bits per heavy atom. The van der Waals surface area contributed by atoms with E-state index in [0.29, 0.717) is 34.1 Å². The van der Waals surface area contributed by atoms with Gasteiger partial charge in [0.05, 0.1) is 34.0 Å². The Morgan fingerprint density at radius 2 is 1.47 bits per heavy atom. The van der Waals surface area contributed by atoms with Crippen molar-refractivity contribution in [2.24, 2.45) is 5.92 Å². The summed E-state index contributed by atoms with van der Waals surface area (Å²) in [4.78, 5) is 24.6. The molecule has 1 aliphatic rings. The van der Waals surface area contributed by atoms with Crippen LogP contribution in [0.2, 0.25) is 0 Å². The Morgan fingerprint density at radius 3 is 2.03 bits per heavy atom. The number of carboxylic acid groups (broad SMARTS) is 1. The number of carbonyl (C=O) groups excluding carboxylic acids is 1. The number of ether oxygens (including phenoxy) is 5. The Balaban J connectivity index is 2.02. The van der Waals surface area contributed by atoms with Gasteiger partial charge in [0.15, 0.2) is 23.0 Å². The highest BCUT2D eigenvalue weighted by atomic mass is 16.6. The highest BCUT2D eigenvalue weighted by Gasteiger charge is 2.45. The first-order valence-corrected chi connectivity index (χ1v) is 9.02. The number of aliphatic carboxylic acids is 1. The monoisotopic (exact) mass is 414 g/mol. The summed E-state index contributed by atoms with van der Waals surface area (Å²) in [7, 11) is 5.97. The van der Waals surface area contributed by atoms with Gasteiger partial charge in [0.2, 0.25) is 0 Å². The SMILES string of the molecule is COc1ccc(/C=C2/C(=O)O[C@@H](c3ccc(OC)c(OC)c3)[C@@H]2C(=O)O)cc1OC. The molecule has 2 aromatic rings. The van der Waals surface area contributed by atoms with Crippen LogP contribution in [0, 0.1) is 5.92 Å². The van der Waals surface area contributed by atoms with Crippen molar-refractivity contribution in [3.63, 3.8) is 0 Å². The summed E-state index contributed by atoms with van der Waals surface area (Å²) >= 11 is 0. The molecule has 0 aliphatic carbocycles. The van der Waals surface area contributed by atoms with Crippen LogP contribution >= 0.6 is 0 Å². The van der Waals surface area contributed by atoms with E-state index >= 15 is 0 Å². The molecule has 1 saturated heterocycles. The number of hydrogen-bond acceptors (Lipinski definition) is 7. The molecule has 1 fully saturated rings. The molecule has 2 atom stereocenters. The van der Waals surface area contributed by atoms with Crippen molar-refractivity contribution in [3.05, 3.63) is 53.1 Å². The molecule has 2 aromatic carbocycles. The Kier molecular flexibility index (Phi) is 6.15. The van der Waals surface area contributed by atoms with Crippen molar-refractivity contribution in [1.82, 2.24) is 0 Å². The van der Waals surface area contributed by atoms with E-state index in [4.69, 9.17) is 23.7 Å². The number of carbonyl (C=O) groups is 2. The van der Waals surface area contributed by atoms with Gasteiger partial charge < -0.3 is 28.8 Å². The Hall–Kier alpha value is -3.68. The highest BCUT2D eigenvalue weighted by molar-refractivity contribution is 6.02. The number of esters is 1. The maximum absolute atomic E-state index is 12.6. The van der Waals surface area contributed by atoms with E-state index in [0.717, 1.165) is 0 Å². The summed E-state index contributed by atoms with van der Waals surface area (Å²) in [5, 5.41) is 9.85. The zero-order valence-corrected chi connectivity index (χ0v) is 17.0. The fourth-order valence-corrected chi connectivity index (χ4v) is 3.37. The molecule has 0 saturated carbocycles. The third-order valence-electron chi connectivity index (χ3n) is 4.84. The lowest BCUT2D eigenvalue weighted by molar-refractivity contribution is -0.144. The van der Waals surface area contributed by atoms with Crippen LogP contribution in [0.3, 0.4) is 0 Å². The van der Waals surface area contributed by atoms with Gasteiger partial charge in [-0.2, -0.15) is 0 Å². The Bertz CT molecular complexity index is 995. The minimum absolute atomic E-state index is 0.0366. The largest absolute Gasteiger partial charge is 0.493 e. The summed E-state index contributed by atoms with van der Waals surface area (Å²) in [6.07, 6.45) is 0.491. The molecule has 0 radical (unpaired) electrons. The van der Waals surface area contributed by atoms with Crippen LogP contribution in [0.5, 0.6) is 23.0 Å². The summed E-state index contributed by atoms with van der Waals surface area (Å²) < 4.78 is 26.4. The summed E-state index contributed by atoms with van der Waals surface area (Å²) in [5.74, 6) is -1.19. The van der Waals surface area contributed by atoms with Crippen molar-refractivity contribution in [2.75, 3.05) is 28.4 Å². The molecule has 30 heavy (non-hydrogen) atoms. The smallest absolute Gasteiger partial charge is 0.335 e. The lowest BCUT2D eigenvalue weighted by Crippen LogP contribution is -2.19. The van der Waals surface area contributed by atoms with Crippen LogP contribution in [0.15, 0.2) is 42.0 Å². The third kappa shape index (κ3) is 3.89. The Labute approximate surface area is 173 Å². The summed E-state index contributed by atoms with van der Waals surface area (Å²) in [6, 6.07) is 9.91. The highest BCUT2D eigenvalue weighted by Crippen LogP contribution is 2.42. The van der Waals surface area contributed by atoms with Gasteiger partial charge in [-0.05, 0) is 41.5 Å². The topological polar surface area (TPSA) is 101 Å². The summed E-state index contributed by atoms with van der Waals surface area (Å²) in [6.45, 7) is 0. The zero-order chi connectivity index (χ0) is 21.8. The van der Waals surface area contributed by atoms with Gasteiger partial charge in [0.25, 0.3) is 0 Å². The molecule has 1 N–H and O–H groups in total. The quantitative estimate of drug-likeness (QED) is 0.545. The molecule has 0 bridgehead atoms. The number of carboxylic acids is 1. The molecular formula is C22H22O8. The normalized spacial score (nSPS) is 19.3. The fourth-order valence-electron chi connectivity index (χ4n) is 3.37. The van der Waals surface area contributed by atoms with Crippen LogP contribution in [-0.2, 0) is 14.3 Å². The first kappa shape index (κ1) is 21.0. The average molecular weight is 414 g/mol. The van der Waals surface area contributed by atoms with Crippen LogP contribution in [0.1, 0.15) is 17.2 Å². The number of methoxy groups -OCH3 is 4. The molecule has 8 heteroatoms. The van der Waals surface area contributed by atoms with Crippen LogP contribution in [-0.4, -0.2) is 45.5 Å². The number of rotatable bonds is 7. The first-order valence-electron chi connectivity index (χ1n) is 9.02. The maximum Gasteiger partial charge on any atom is 0.335 e. The fraction of sp³-hybridized carbons (Fsp3) is 0.273. The van der Waals surface area contributed by atoms with Gasteiger partial charge in [-0.1, -0.05) is 12.1 Å². The minimum Gasteiger partial charge on any atom is -0.493 e. The lowest BCUT2D eigenvalue weighted by Gasteiger charge is -2.16. The van der Waals surface area contributed by atoms with Crippen molar-refractivity contribution < 1.29 is 38.4 Å². The van der Waals surface area contributed by atoms with Gasteiger partial charge in [-0.25, -0.2) is 4.79 Å². The average Bonchev–Trinajstić information content (AvgIpc) is 3.09. The number of cyclic esters (lactones) is 1. The van der Waals surface area contributed by atoms with Crippen molar-refractivity contribution in [3.8, 4) is 23.0 Å². The van der Waals surface area contributed by atoms with Gasteiger partial charge in [0, 0.05) is 0 Å². The van der Waals surface area contributed by atoms with E-state index < -0.39 is 24.0 Å². The molecule has 3 rings (SSSR count). The molecule has 1 heterocycles. The van der Waals surface area contributed by atoms with Gasteiger partial charge in [-0.3, -0.25) is 4.79 Å². The van der Waals surface area contributed by atoms with Crippen molar-refractivity contribution >= 4 is 18.0 Å². The second-order valence-electron chi connectivity index (χ2n) is 6.47. The van der Waals surface area contributed by atoms with Crippen LogP contribution in [0.4, 0.5) is 0 Å². The van der Waals surface area contributed by atoms with E-state index in [-0.39, 0.29) is 5.57 Å². The van der Waals surface area contributed by atoms with Gasteiger partial charge in [0.1, 0.15) is 12.0 Å². The first-order chi connectivity index (χ1) is 14.4. The van der Waals surface area contributed by atoms with Crippen molar-refractivity contribution in [2.45, 2.75) is 6.10 Å². The predicted octanol–water partition coefficient (Wildman–Crippen LogP) is 3.10. The molecule has 0 spiro atoms. The van der Waals surface area contributed by atoms with Crippen molar-refractivity contribution in [1.29, 1.82) is 0 Å². The minimum atomic E-state index is -1.19. The van der Waals surface area contributed by atoms with E-state index in [2.05, 4.69) is 0 Å². The maximum atomic E-state index is 12.6. The van der Waals surface area contributed by atoms with Crippen LogP contribution < -0.4 is 18.9 Å². The standard InChI is InChI=1S/C22H22O8/c1-26-15-7-5-12(10-17(15)28-3)9-14-19(21(23)24)20(30-22(14)25)13-6-8-16(27-2)18(11-13)29-4/h5-11,19-20H,1-4H3,(H,23,24)/b14-9+/t19-,20+/m1/s1. The number of benzene rings is 2. The van der Waals surface area contributed by atoms with E-state index in [1.165, 1.54) is 34.5 Å². The summed E-state index contributed by atoms with van der Waals surface area (Å²) in [5.41, 5.74) is 1.11. The van der Waals surface area contributed by atoms with E-state index in [9.17, 15) is 14.7 Å². The number of hydrogen-bond donors (Lipinski definition) is 1. The third-order valence-corrected chi connectivity index (χ3v) is 4.84. The molecule has 1 aliphatic heterocycles. The molecular weight excluding hydrogens is 392 g/mol. The van der Waals surface area contributed by atoms with Gasteiger partial charge in [-0.15, -0.1) is 0 Å². The molecule has 158 valence electrons. The van der Waals surface area contributed by atoms with Crippen LogP contribution in [0.25, 0.3) is 6.08 Å².